The van der Waals surface area contributed by atoms with Crippen LogP contribution in [0, 0.1) is 0 Å². The van der Waals surface area contributed by atoms with E-state index < -0.39 is 24.5 Å². The minimum Gasteiger partial charge on any atom is -0.550 e. The molecule has 0 aliphatic carbocycles. The Morgan fingerprint density at radius 1 is 1.50 bits per heavy atom. The van der Waals surface area contributed by atoms with Gasteiger partial charge in [-0.25, -0.2) is 0 Å². The van der Waals surface area contributed by atoms with Crippen LogP contribution in [0.1, 0.15) is 7.85 Å². The molecule has 0 spiro atoms. The molecular weight excluding hydrogens is 152 g/mol. The average Bonchev–Trinajstić information content (AvgIpc) is 1.63. The molecule has 1 N–H and O–H groups in total. The van der Waals surface area contributed by atoms with E-state index in [-0.39, 0.29) is 24.5 Å². The summed E-state index contributed by atoms with van der Waals surface area (Å²) in [7, 11) is 0. The van der Waals surface area contributed by atoms with Gasteiger partial charge in [-0.2, -0.15) is 0 Å². The Morgan fingerprint density at radius 3 is 2.00 bits per heavy atom. The van der Waals surface area contributed by atoms with Gasteiger partial charge in [-0.15, -0.1) is 0 Å². The van der Waals surface area contributed by atoms with Crippen molar-refractivity contribution >= 4 is 35.0 Å². The van der Waals surface area contributed by atoms with E-state index in [4.69, 9.17) is 5.11 Å². The first-order chi connectivity index (χ1) is 4.04. The summed E-state index contributed by atoms with van der Waals surface area (Å²) in [5, 5.41) is 27.3. The predicted octanol–water partition coefficient (Wildman–Crippen LogP) is -4.03. The molecule has 5 nitrogen and oxygen atoms in total. The fourth-order valence-corrected chi connectivity index (χ4v) is 0.241. The fourth-order valence-electron chi connectivity index (χ4n) is 0.241. The summed E-state index contributed by atoms with van der Waals surface area (Å²) in [6.45, 7) is 0. The minimum atomic E-state index is -1.96. The van der Waals surface area contributed by atoms with Gasteiger partial charge >= 0.3 is 24.5 Å². The molecule has 52 valence electrons. The number of hydrogen-bond acceptors (Lipinski definition) is 5. The van der Waals surface area contributed by atoms with E-state index in [1.165, 1.54) is 0 Å². The molecule has 0 amide bonds. The zero-order valence-electron chi connectivity index (χ0n) is 6.07. The second-order valence-electron chi connectivity index (χ2n) is 1.41. The molecule has 6 heteroatoms. The van der Waals surface area contributed by atoms with Gasteiger partial charge in [-0.1, -0.05) is 0 Å². The maximum atomic E-state index is 9.58. The van der Waals surface area contributed by atoms with Crippen molar-refractivity contribution < 1.29 is 26.3 Å². The molecule has 0 saturated carbocycles. The van der Waals surface area contributed by atoms with Crippen molar-refractivity contribution in [2.45, 2.75) is 12.5 Å². The second kappa shape index (κ2) is 5.45. The molecule has 0 aromatic rings. The minimum absolute atomic E-state index is 0. The summed E-state index contributed by atoms with van der Waals surface area (Å²) in [5.74, 6) is -3.43. The number of carbonyl (C=O) groups excluding carboxylic acids is 2. The first-order valence-electron chi connectivity index (χ1n) is 2.13. The number of aliphatic hydroxyl groups excluding tert-OH is 1. The normalized spacial score (nSPS) is 11.3. The smallest absolute Gasteiger partial charge is 0.550 e. The van der Waals surface area contributed by atoms with Crippen molar-refractivity contribution in [2.75, 3.05) is 0 Å². The molecule has 1 unspecified atom stereocenters. The number of aliphatic carboxylic acids is 2. The molecule has 0 bridgehead atoms. The van der Waals surface area contributed by atoms with E-state index in [0.717, 1.165) is 0 Å². The molecule has 10 heavy (non-hydrogen) atoms. The van der Waals surface area contributed by atoms with Crippen molar-refractivity contribution in [3.63, 3.8) is 0 Å². The average molecular weight is 157 g/mol. The molecule has 0 aliphatic heterocycles. The molecular formula is C4H5MgO5+. The third kappa shape index (κ3) is 5.80. The standard InChI is InChI=1S/C4H6O5.Mg/c5-2(4(8)9)1-3(6)7;/h2,5H,1H2,(H,6,7)(H,8,9);/q;+2/p-1. The Bertz CT molecular complexity index is 138. The Labute approximate surface area is 74.3 Å². The summed E-state index contributed by atoms with van der Waals surface area (Å²) in [6, 6.07) is 0. The van der Waals surface area contributed by atoms with Crippen LogP contribution in [-0.4, -0.2) is 46.2 Å². The number of carboxylic acids is 2. The molecule has 0 aromatic carbocycles. The van der Waals surface area contributed by atoms with Gasteiger partial charge in [0.05, 0.1) is 12.1 Å². The zero-order chi connectivity index (χ0) is 7.44. The van der Waals surface area contributed by atoms with E-state index in [9.17, 15) is 19.8 Å². The number of carboxylic acid groups (broad SMARTS) is 2. The van der Waals surface area contributed by atoms with Crippen LogP contribution in [0.3, 0.4) is 0 Å². The van der Waals surface area contributed by atoms with Crippen molar-refractivity contribution in [1.29, 1.82) is 0 Å². The van der Waals surface area contributed by atoms with Crippen molar-refractivity contribution in [3.8, 4) is 0 Å². The molecule has 0 rings (SSSR count). The van der Waals surface area contributed by atoms with E-state index in [0.29, 0.717) is 0 Å². The van der Waals surface area contributed by atoms with Gasteiger partial charge in [0.2, 0.25) is 0 Å². The maximum absolute atomic E-state index is 9.58. The zero-order valence-corrected chi connectivity index (χ0v) is 6.49. The number of carbonyl (C=O) groups is 2. The Balaban J connectivity index is -0.000000320. The summed E-state index contributed by atoms with van der Waals surface area (Å²) in [5.41, 5.74) is 0. The van der Waals surface area contributed by atoms with Crippen LogP contribution in [-0.2, 0) is 9.59 Å². The van der Waals surface area contributed by atoms with Gasteiger partial charge in [0.1, 0.15) is 0 Å². The molecule has 0 radical (unpaired) electrons. The van der Waals surface area contributed by atoms with Gasteiger partial charge in [-0.05, 0) is 0 Å². The van der Waals surface area contributed by atoms with Crippen molar-refractivity contribution in [3.05, 3.63) is 0 Å². The number of aliphatic hydroxyl groups is 1. The van der Waals surface area contributed by atoms with Crippen LogP contribution >= 0.6 is 0 Å². The molecule has 0 heterocycles. The topological polar surface area (TPSA) is 100 Å². The maximum Gasteiger partial charge on any atom is 2.00 e. The van der Waals surface area contributed by atoms with Gasteiger partial charge in [0.25, 0.3) is 0 Å². The molecule has 1 atom stereocenters. The third-order valence-electron chi connectivity index (χ3n) is 0.632. The van der Waals surface area contributed by atoms with Gasteiger partial charge in [0.15, 0.2) is 0 Å². The van der Waals surface area contributed by atoms with E-state index >= 15 is 0 Å². The van der Waals surface area contributed by atoms with E-state index in [2.05, 4.69) is 0 Å². The molecule has 0 aliphatic rings. The monoisotopic (exact) mass is 157 g/mol. The van der Waals surface area contributed by atoms with Crippen LogP contribution in [0.4, 0.5) is 0 Å². The first-order valence-corrected chi connectivity index (χ1v) is 2.13. The molecule has 0 saturated heterocycles. The summed E-state index contributed by atoms with van der Waals surface area (Å²) in [6.07, 6.45) is -2.89. The van der Waals surface area contributed by atoms with Crippen LogP contribution in [0.2, 0.25) is 0 Å². The van der Waals surface area contributed by atoms with Crippen LogP contribution in [0.15, 0.2) is 0 Å². The largest absolute Gasteiger partial charge is 2.00 e. The Kier molecular flexibility index (Phi) is 6.73. The van der Waals surface area contributed by atoms with E-state index in [1.807, 2.05) is 0 Å². The molecule has 0 aromatic heterocycles. The first kappa shape index (κ1) is 12.4. The van der Waals surface area contributed by atoms with Gasteiger partial charge in [-0.3, -0.25) is 0 Å². The Hall–Kier alpha value is -0.334. The van der Waals surface area contributed by atoms with Gasteiger partial charge in [0, 0.05) is 12.4 Å². The summed E-state index contributed by atoms with van der Waals surface area (Å²) in [4.78, 5) is 19.1. The van der Waals surface area contributed by atoms with Crippen LogP contribution in [0.25, 0.3) is 0 Å². The van der Waals surface area contributed by atoms with Gasteiger partial charge < -0.3 is 24.9 Å². The number of rotatable bonds is 3. The SMILES string of the molecule is O=C([O-])CC(O)C(=O)[O-].[H+].[Mg+2]. The van der Waals surface area contributed by atoms with E-state index in [1.54, 1.807) is 0 Å². The Morgan fingerprint density at radius 2 is 1.90 bits per heavy atom. The van der Waals surface area contributed by atoms with Crippen molar-refractivity contribution in [1.82, 2.24) is 0 Å². The predicted molar refractivity (Wildman–Crippen MR) is 27.5 cm³/mol. The summed E-state index contributed by atoms with van der Waals surface area (Å²) >= 11 is 0. The number of hydrogen-bond donors (Lipinski definition) is 1. The quantitative estimate of drug-likeness (QED) is 0.421. The second-order valence-corrected chi connectivity index (χ2v) is 1.41. The van der Waals surface area contributed by atoms with Crippen LogP contribution in [0.5, 0.6) is 0 Å². The fraction of sp³-hybridized carbons (Fsp3) is 0.500. The molecule has 0 fully saturated rings. The van der Waals surface area contributed by atoms with Crippen molar-refractivity contribution in [2.24, 2.45) is 0 Å². The summed E-state index contributed by atoms with van der Waals surface area (Å²) < 4.78 is 0. The third-order valence-corrected chi connectivity index (χ3v) is 0.632. The van der Waals surface area contributed by atoms with Crippen LogP contribution < -0.4 is 10.2 Å².